The second-order valence-corrected chi connectivity index (χ2v) is 5.36. The molecular weight excluding hydrogens is 240 g/mol. The zero-order valence-corrected chi connectivity index (χ0v) is 11.7. The third-order valence-electron chi connectivity index (χ3n) is 3.66. The van der Waals surface area contributed by atoms with Crippen molar-refractivity contribution >= 4 is 5.91 Å². The van der Waals surface area contributed by atoms with E-state index in [2.05, 4.69) is 18.7 Å². The number of piperazine rings is 1. The topological polar surface area (TPSA) is 43.8 Å². The van der Waals surface area contributed by atoms with Gasteiger partial charge in [-0.2, -0.15) is 0 Å². The molecule has 1 aromatic carbocycles. The monoisotopic (exact) mass is 262 g/mol. The molecule has 2 rings (SSSR count). The summed E-state index contributed by atoms with van der Waals surface area (Å²) in [6, 6.07) is 7.47. The molecule has 0 aromatic heterocycles. The summed E-state index contributed by atoms with van der Waals surface area (Å²) in [7, 11) is 0. The zero-order chi connectivity index (χ0) is 13.8. The number of rotatable bonds is 3. The van der Waals surface area contributed by atoms with Crippen LogP contribution in [-0.4, -0.2) is 53.0 Å². The van der Waals surface area contributed by atoms with E-state index in [1.54, 1.807) is 18.2 Å². The highest BCUT2D eigenvalue weighted by Gasteiger charge is 2.22. The highest BCUT2D eigenvalue weighted by Crippen LogP contribution is 2.13. The average Bonchev–Trinajstić information content (AvgIpc) is 2.39. The summed E-state index contributed by atoms with van der Waals surface area (Å²) in [6.07, 6.45) is 0.371. The van der Waals surface area contributed by atoms with Gasteiger partial charge in [-0.1, -0.05) is 12.1 Å². The molecule has 1 fully saturated rings. The van der Waals surface area contributed by atoms with E-state index >= 15 is 0 Å². The van der Waals surface area contributed by atoms with Crippen LogP contribution in [0, 0.1) is 0 Å². The molecule has 0 radical (unpaired) electrons. The van der Waals surface area contributed by atoms with Crippen LogP contribution in [0.5, 0.6) is 5.75 Å². The summed E-state index contributed by atoms with van der Waals surface area (Å²) >= 11 is 0. The Morgan fingerprint density at radius 3 is 2.53 bits per heavy atom. The first-order chi connectivity index (χ1) is 9.06. The lowest BCUT2D eigenvalue weighted by molar-refractivity contribution is -0.132. The van der Waals surface area contributed by atoms with Gasteiger partial charge in [-0.05, 0) is 31.5 Å². The fraction of sp³-hybridized carbons (Fsp3) is 0.533. The summed E-state index contributed by atoms with van der Waals surface area (Å²) in [5, 5.41) is 9.40. The van der Waals surface area contributed by atoms with Crippen LogP contribution in [0.25, 0.3) is 0 Å². The number of phenols is 1. The molecule has 1 aromatic rings. The number of carbonyl (C=O) groups is 1. The maximum absolute atomic E-state index is 12.2. The first kappa shape index (κ1) is 13.9. The van der Waals surface area contributed by atoms with Crippen molar-refractivity contribution in [3.8, 4) is 5.75 Å². The van der Waals surface area contributed by atoms with Crippen molar-refractivity contribution in [1.29, 1.82) is 0 Å². The number of amides is 1. The van der Waals surface area contributed by atoms with Crippen molar-refractivity contribution in [2.75, 3.05) is 26.2 Å². The molecule has 4 heteroatoms. The molecule has 0 atom stereocenters. The van der Waals surface area contributed by atoms with Gasteiger partial charge in [0.2, 0.25) is 5.91 Å². The summed E-state index contributed by atoms with van der Waals surface area (Å²) < 4.78 is 0. The standard InChI is InChI=1S/C15H22N2O2/c1-12(2)16-6-8-17(9-7-16)15(19)11-13-4-3-5-14(18)10-13/h3-5,10,12,18H,6-9,11H2,1-2H3. The Morgan fingerprint density at radius 2 is 1.95 bits per heavy atom. The van der Waals surface area contributed by atoms with Gasteiger partial charge in [0.25, 0.3) is 0 Å². The minimum absolute atomic E-state index is 0.147. The number of hydrogen-bond acceptors (Lipinski definition) is 3. The van der Waals surface area contributed by atoms with Crippen LogP contribution in [0.15, 0.2) is 24.3 Å². The van der Waals surface area contributed by atoms with Crippen LogP contribution in [-0.2, 0) is 11.2 Å². The minimum atomic E-state index is 0.147. The van der Waals surface area contributed by atoms with E-state index in [0.717, 1.165) is 31.7 Å². The number of aromatic hydroxyl groups is 1. The van der Waals surface area contributed by atoms with Crippen LogP contribution >= 0.6 is 0 Å². The van der Waals surface area contributed by atoms with Crippen molar-refractivity contribution in [3.05, 3.63) is 29.8 Å². The van der Waals surface area contributed by atoms with E-state index in [1.165, 1.54) is 0 Å². The largest absolute Gasteiger partial charge is 0.508 e. The van der Waals surface area contributed by atoms with E-state index in [1.807, 2.05) is 11.0 Å². The molecule has 1 N–H and O–H groups in total. The second kappa shape index (κ2) is 6.06. The van der Waals surface area contributed by atoms with Crippen molar-refractivity contribution < 1.29 is 9.90 Å². The van der Waals surface area contributed by atoms with Gasteiger partial charge in [0.05, 0.1) is 6.42 Å². The van der Waals surface area contributed by atoms with E-state index in [9.17, 15) is 9.90 Å². The van der Waals surface area contributed by atoms with Gasteiger partial charge in [0.1, 0.15) is 5.75 Å². The molecule has 0 bridgehead atoms. The summed E-state index contributed by atoms with van der Waals surface area (Å²) in [5.74, 6) is 0.365. The van der Waals surface area contributed by atoms with Crippen LogP contribution in [0.3, 0.4) is 0 Å². The van der Waals surface area contributed by atoms with Crippen LogP contribution < -0.4 is 0 Å². The fourth-order valence-electron chi connectivity index (χ4n) is 2.44. The van der Waals surface area contributed by atoms with Crippen molar-refractivity contribution in [1.82, 2.24) is 9.80 Å². The summed E-state index contributed by atoms with van der Waals surface area (Å²) in [4.78, 5) is 16.5. The first-order valence-corrected chi connectivity index (χ1v) is 6.86. The van der Waals surface area contributed by atoms with E-state index in [0.29, 0.717) is 12.5 Å². The summed E-state index contributed by atoms with van der Waals surface area (Å²) in [5.41, 5.74) is 0.872. The Balaban J connectivity index is 1.88. The van der Waals surface area contributed by atoms with Crippen molar-refractivity contribution in [3.63, 3.8) is 0 Å². The molecule has 0 unspecified atom stereocenters. The number of benzene rings is 1. The van der Waals surface area contributed by atoms with Gasteiger partial charge in [0.15, 0.2) is 0 Å². The lowest BCUT2D eigenvalue weighted by Crippen LogP contribution is -2.51. The maximum Gasteiger partial charge on any atom is 0.227 e. The average molecular weight is 262 g/mol. The number of phenolic OH excluding ortho intramolecular Hbond substituents is 1. The molecule has 1 amide bonds. The van der Waals surface area contributed by atoms with Crippen LogP contribution in [0.2, 0.25) is 0 Å². The molecular formula is C15H22N2O2. The molecule has 1 saturated heterocycles. The Labute approximate surface area is 114 Å². The molecule has 0 aliphatic carbocycles. The van der Waals surface area contributed by atoms with E-state index < -0.39 is 0 Å². The lowest BCUT2D eigenvalue weighted by Gasteiger charge is -2.37. The number of nitrogens with zero attached hydrogens (tertiary/aromatic N) is 2. The second-order valence-electron chi connectivity index (χ2n) is 5.36. The first-order valence-electron chi connectivity index (χ1n) is 6.86. The quantitative estimate of drug-likeness (QED) is 0.897. The molecule has 0 saturated carbocycles. The molecule has 104 valence electrons. The predicted molar refractivity (Wildman–Crippen MR) is 75.1 cm³/mol. The summed E-state index contributed by atoms with van der Waals surface area (Å²) in [6.45, 7) is 7.87. The van der Waals surface area contributed by atoms with Gasteiger partial charge in [-0.15, -0.1) is 0 Å². The van der Waals surface area contributed by atoms with Crippen molar-refractivity contribution in [2.45, 2.75) is 26.3 Å². The van der Waals surface area contributed by atoms with Crippen LogP contribution in [0.1, 0.15) is 19.4 Å². The van der Waals surface area contributed by atoms with Gasteiger partial charge >= 0.3 is 0 Å². The normalized spacial score (nSPS) is 16.9. The fourth-order valence-corrected chi connectivity index (χ4v) is 2.44. The van der Waals surface area contributed by atoms with Gasteiger partial charge in [-0.25, -0.2) is 0 Å². The molecule has 1 aliphatic rings. The maximum atomic E-state index is 12.2. The molecule has 0 spiro atoms. The van der Waals surface area contributed by atoms with Gasteiger partial charge in [0, 0.05) is 32.2 Å². The smallest absolute Gasteiger partial charge is 0.227 e. The number of hydrogen-bond donors (Lipinski definition) is 1. The minimum Gasteiger partial charge on any atom is -0.508 e. The number of carbonyl (C=O) groups excluding carboxylic acids is 1. The SMILES string of the molecule is CC(C)N1CCN(C(=O)Cc2cccc(O)c2)CC1. The van der Waals surface area contributed by atoms with E-state index in [-0.39, 0.29) is 11.7 Å². The van der Waals surface area contributed by atoms with Crippen molar-refractivity contribution in [2.24, 2.45) is 0 Å². The Bertz CT molecular complexity index is 438. The highest BCUT2D eigenvalue weighted by atomic mass is 16.3. The highest BCUT2D eigenvalue weighted by molar-refractivity contribution is 5.79. The zero-order valence-electron chi connectivity index (χ0n) is 11.7. The van der Waals surface area contributed by atoms with E-state index in [4.69, 9.17) is 0 Å². The Kier molecular flexibility index (Phi) is 4.43. The van der Waals surface area contributed by atoms with Gasteiger partial charge < -0.3 is 10.0 Å². The Hall–Kier alpha value is -1.55. The molecule has 1 heterocycles. The molecule has 1 aliphatic heterocycles. The Morgan fingerprint density at radius 1 is 1.26 bits per heavy atom. The van der Waals surface area contributed by atoms with Gasteiger partial charge in [-0.3, -0.25) is 9.69 Å². The predicted octanol–water partition coefficient (Wildman–Crippen LogP) is 1.49. The molecule has 19 heavy (non-hydrogen) atoms. The third kappa shape index (κ3) is 3.70. The lowest BCUT2D eigenvalue weighted by atomic mass is 10.1. The molecule has 4 nitrogen and oxygen atoms in total. The third-order valence-corrected chi connectivity index (χ3v) is 3.66. The van der Waals surface area contributed by atoms with Crippen LogP contribution in [0.4, 0.5) is 0 Å².